The molecule has 0 atom stereocenters. The molecule has 0 aliphatic rings. The highest BCUT2D eigenvalue weighted by Crippen LogP contribution is 2.29. The summed E-state index contributed by atoms with van der Waals surface area (Å²) >= 11 is 10.7. The maximum atomic E-state index is 13.5. The Kier molecular flexibility index (Phi) is 3.97. The molecule has 2 N–H and O–H groups in total. The van der Waals surface area contributed by atoms with Gasteiger partial charge in [-0.15, -0.1) is 0 Å². The minimum atomic E-state index is -0.816. The minimum absolute atomic E-state index is 0.0695. The predicted octanol–water partition coefficient (Wildman–Crippen LogP) is 4.04. The van der Waals surface area contributed by atoms with Crippen LogP contribution in [0.1, 0.15) is 5.56 Å². The molecule has 0 bridgehead atoms. The fourth-order valence-electron chi connectivity index (χ4n) is 1.46. The van der Waals surface area contributed by atoms with E-state index >= 15 is 0 Å². The summed E-state index contributed by atoms with van der Waals surface area (Å²) < 4.78 is 31.6. The molecule has 98 valence electrons. The number of benzene rings is 2. The van der Waals surface area contributed by atoms with Gasteiger partial charge in [-0.1, -0.05) is 23.8 Å². The minimum Gasteiger partial charge on any atom is -0.454 e. The van der Waals surface area contributed by atoms with E-state index in [2.05, 4.69) is 0 Å². The van der Waals surface area contributed by atoms with Crippen LogP contribution in [0.3, 0.4) is 0 Å². The van der Waals surface area contributed by atoms with E-state index in [0.717, 1.165) is 12.1 Å². The van der Waals surface area contributed by atoms with Gasteiger partial charge in [-0.05, 0) is 30.3 Å². The second-order valence-electron chi connectivity index (χ2n) is 3.68. The first-order valence-electron chi connectivity index (χ1n) is 5.19. The smallest absolute Gasteiger partial charge is 0.168 e. The highest BCUT2D eigenvalue weighted by Gasteiger charge is 2.11. The first kappa shape index (κ1) is 13.7. The zero-order valence-electron chi connectivity index (χ0n) is 9.49. The molecule has 2 nitrogen and oxygen atoms in total. The summed E-state index contributed by atoms with van der Waals surface area (Å²) in [5, 5.41) is 0.426. The summed E-state index contributed by atoms with van der Waals surface area (Å²) in [4.78, 5) is 0.0695. The second-order valence-corrected chi connectivity index (χ2v) is 4.56. The molecule has 6 heteroatoms. The number of nitrogens with two attached hydrogens (primary N) is 1. The monoisotopic (exact) mass is 299 g/mol. The Bertz CT molecular complexity index is 649. The first-order chi connectivity index (χ1) is 8.97. The molecule has 0 unspecified atom stereocenters. The highest BCUT2D eigenvalue weighted by atomic mass is 35.5. The van der Waals surface area contributed by atoms with Crippen molar-refractivity contribution in [3.8, 4) is 11.5 Å². The van der Waals surface area contributed by atoms with Gasteiger partial charge in [0.1, 0.15) is 16.6 Å². The van der Waals surface area contributed by atoms with Crippen molar-refractivity contribution in [3.63, 3.8) is 0 Å². The van der Waals surface area contributed by atoms with Crippen molar-refractivity contribution in [1.29, 1.82) is 0 Å². The van der Waals surface area contributed by atoms with E-state index in [1.165, 1.54) is 18.2 Å². The largest absolute Gasteiger partial charge is 0.454 e. The molecule has 0 fully saturated rings. The van der Waals surface area contributed by atoms with Gasteiger partial charge >= 0.3 is 0 Å². The molecule has 0 aliphatic carbocycles. The van der Waals surface area contributed by atoms with E-state index in [9.17, 15) is 8.78 Å². The standard InChI is InChI=1S/C13H8ClF2NOS/c14-7-1-3-11(9(5-7)13(17)19)18-12-4-2-8(15)6-10(12)16/h1-6H,(H2,17,19). The van der Waals surface area contributed by atoms with Gasteiger partial charge in [-0.2, -0.15) is 0 Å². The third kappa shape index (κ3) is 3.19. The summed E-state index contributed by atoms with van der Waals surface area (Å²) in [7, 11) is 0. The Morgan fingerprint density at radius 3 is 2.42 bits per heavy atom. The topological polar surface area (TPSA) is 35.2 Å². The lowest BCUT2D eigenvalue weighted by molar-refractivity contribution is 0.437. The van der Waals surface area contributed by atoms with Crippen LogP contribution in [-0.2, 0) is 0 Å². The molecular weight excluding hydrogens is 292 g/mol. The van der Waals surface area contributed by atoms with Crippen molar-refractivity contribution >= 4 is 28.8 Å². The van der Waals surface area contributed by atoms with Gasteiger partial charge in [0.2, 0.25) is 0 Å². The Morgan fingerprint density at radius 1 is 1.11 bits per heavy atom. The maximum Gasteiger partial charge on any atom is 0.168 e. The van der Waals surface area contributed by atoms with E-state index in [0.29, 0.717) is 10.6 Å². The van der Waals surface area contributed by atoms with E-state index < -0.39 is 11.6 Å². The number of hydrogen-bond donors (Lipinski definition) is 1. The summed E-state index contributed by atoms with van der Waals surface area (Å²) in [6.07, 6.45) is 0. The second kappa shape index (κ2) is 5.50. The molecule has 0 saturated carbocycles. The van der Waals surface area contributed by atoms with Gasteiger partial charge < -0.3 is 10.5 Å². The number of rotatable bonds is 3. The molecule has 2 rings (SSSR count). The van der Waals surface area contributed by atoms with Crippen molar-refractivity contribution in [1.82, 2.24) is 0 Å². The van der Waals surface area contributed by atoms with Crippen LogP contribution < -0.4 is 10.5 Å². The fourth-order valence-corrected chi connectivity index (χ4v) is 1.79. The van der Waals surface area contributed by atoms with Gasteiger partial charge in [0.05, 0.1) is 5.56 Å². The third-order valence-electron chi connectivity index (χ3n) is 2.32. The van der Waals surface area contributed by atoms with E-state index in [-0.39, 0.29) is 16.5 Å². The molecule has 0 heterocycles. The van der Waals surface area contributed by atoms with Crippen LogP contribution in [0.15, 0.2) is 36.4 Å². The third-order valence-corrected chi connectivity index (χ3v) is 2.78. The van der Waals surface area contributed by atoms with Gasteiger partial charge in [0.25, 0.3) is 0 Å². The SMILES string of the molecule is NC(=S)c1cc(Cl)ccc1Oc1ccc(F)cc1F. The van der Waals surface area contributed by atoms with Crippen LogP contribution in [0.5, 0.6) is 11.5 Å². The van der Waals surface area contributed by atoms with Crippen molar-refractivity contribution in [2.24, 2.45) is 5.73 Å². The highest BCUT2D eigenvalue weighted by molar-refractivity contribution is 7.80. The number of thiocarbonyl (C=S) groups is 1. The normalized spacial score (nSPS) is 10.3. The van der Waals surface area contributed by atoms with Crippen molar-refractivity contribution < 1.29 is 13.5 Å². The molecule has 0 aliphatic heterocycles. The van der Waals surface area contributed by atoms with Crippen LogP contribution in [0.2, 0.25) is 5.02 Å². The summed E-state index contributed by atoms with van der Waals surface area (Å²) in [5.74, 6) is -1.37. The average Bonchev–Trinajstić information content (AvgIpc) is 2.34. The Hall–Kier alpha value is -1.72. The van der Waals surface area contributed by atoms with Crippen LogP contribution >= 0.6 is 23.8 Å². The molecule has 0 amide bonds. The van der Waals surface area contributed by atoms with E-state index in [1.807, 2.05) is 0 Å². The zero-order chi connectivity index (χ0) is 14.0. The van der Waals surface area contributed by atoms with Gasteiger partial charge in [0.15, 0.2) is 11.6 Å². The maximum absolute atomic E-state index is 13.5. The van der Waals surface area contributed by atoms with Crippen LogP contribution in [0.4, 0.5) is 8.78 Å². The van der Waals surface area contributed by atoms with Gasteiger partial charge in [-0.3, -0.25) is 0 Å². The molecule has 0 spiro atoms. The van der Waals surface area contributed by atoms with Crippen molar-refractivity contribution in [2.75, 3.05) is 0 Å². The molecule has 0 radical (unpaired) electrons. The lowest BCUT2D eigenvalue weighted by Crippen LogP contribution is -2.10. The molecule has 2 aromatic carbocycles. The summed E-state index contributed by atoms with van der Waals surface area (Å²) in [5.41, 5.74) is 5.92. The summed E-state index contributed by atoms with van der Waals surface area (Å²) in [6, 6.07) is 7.59. The molecule has 0 aromatic heterocycles. The number of halogens is 3. The van der Waals surface area contributed by atoms with Gasteiger partial charge in [0, 0.05) is 11.1 Å². The molecular formula is C13H8ClF2NOS. The lowest BCUT2D eigenvalue weighted by atomic mass is 10.2. The molecule has 2 aromatic rings. The van der Waals surface area contributed by atoms with Crippen LogP contribution in [-0.4, -0.2) is 4.99 Å². The molecule has 0 saturated heterocycles. The zero-order valence-corrected chi connectivity index (χ0v) is 11.1. The Balaban J connectivity index is 2.40. The Morgan fingerprint density at radius 2 is 1.79 bits per heavy atom. The predicted molar refractivity (Wildman–Crippen MR) is 73.8 cm³/mol. The quantitative estimate of drug-likeness (QED) is 0.869. The van der Waals surface area contributed by atoms with Crippen molar-refractivity contribution in [3.05, 3.63) is 58.6 Å². The number of hydrogen-bond acceptors (Lipinski definition) is 2. The van der Waals surface area contributed by atoms with Crippen LogP contribution in [0.25, 0.3) is 0 Å². The van der Waals surface area contributed by atoms with E-state index in [1.54, 1.807) is 6.07 Å². The Labute approximate surface area is 118 Å². The molecule has 19 heavy (non-hydrogen) atoms. The summed E-state index contributed by atoms with van der Waals surface area (Å²) in [6.45, 7) is 0. The number of ether oxygens (including phenoxy) is 1. The fraction of sp³-hybridized carbons (Fsp3) is 0. The van der Waals surface area contributed by atoms with Crippen LogP contribution in [0, 0.1) is 11.6 Å². The van der Waals surface area contributed by atoms with E-state index in [4.69, 9.17) is 34.3 Å². The first-order valence-corrected chi connectivity index (χ1v) is 5.98. The van der Waals surface area contributed by atoms with Crippen molar-refractivity contribution in [2.45, 2.75) is 0 Å². The average molecular weight is 300 g/mol. The van der Waals surface area contributed by atoms with Gasteiger partial charge in [-0.25, -0.2) is 8.78 Å². The lowest BCUT2D eigenvalue weighted by Gasteiger charge is -2.11.